The second-order valence-electron chi connectivity index (χ2n) is 4.40. The van der Waals surface area contributed by atoms with E-state index in [2.05, 4.69) is 52.1 Å². The van der Waals surface area contributed by atoms with E-state index in [-0.39, 0.29) is 11.9 Å². The highest BCUT2D eigenvalue weighted by Gasteiger charge is 2.15. The fraction of sp³-hybridized carbons (Fsp3) is 0.462. The largest absolute Gasteiger partial charge is 0.409 e. The molecule has 0 amide bonds. The molecule has 0 aromatic heterocycles. The first-order valence-corrected chi connectivity index (χ1v) is 6.77. The Hall–Kier alpha value is -1.07. The number of nitrogens with two attached hydrogens (primary N) is 1. The van der Waals surface area contributed by atoms with Gasteiger partial charge in [-0.3, -0.25) is 4.90 Å². The zero-order valence-electron chi connectivity index (χ0n) is 10.8. The molecule has 0 bridgehead atoms. The maximum atomic E-state index is 8.63. The van der Waals surface area contributed by atoms with E-state index in [0.29, 0.717) is 6.42 Å². The summed E-state index contributed by atoms with van der Waals surface area (Å²) in [5.41, 5.74) is 6.81. The van der Waals surface area contributed by atoms with Gasteiger partial charge >= 0.3 is 0 Å². The summed E-state index contributed by atoms with van der Waals surface area (Å²) in [7, 11) is 2.06. The van der Waals surface area contributed by atoms with Crippen LogP contribution in [0.1, 0.15) is 25.3 Å². The fourth-order valence-corrected chi connectivity index (χ4v) is 2.39. The molecule has 0 aliphatic rings. The molecule has 1 unspecified atom stereocenters. The zero-order chi connectivity index (χ0) is 13.5. The molecule has 0 aliphatic heterocycles. The predicted octanol–water partition coefficient (Wildman–Crippen LogP) is 2.80. The molecule has 0 heterocycles. The Balaban J connectivity index is 2.64. The monoisotopic (exact) mass is 313 g/mol. The van der Waals surface area contributed by atoms with Crippen LogP contribution >= 0.6 is 15.9 Å². The molecule has 18 heavy (non-hydrogen) atoms. The highest BCUT2D eigenvalue weighted by molar-refractivity contribution is 9.10. The molecule has 5 heteroatoms. The van der Waals surface area contributed by atoms with Crippen molar-refractivity contribution < 1.29 is 5.21 Å². The highest BCUT2D eigenvalue weighted by Crippen LogP contribution is 2.15. The van der Waals surface area contributed by atoms with E-state index in [1.807, 2.05) is 12.1 Å². The van der Waals surface area contributed by atoms with Crippen LogP contribution in [0.25, 0.3) is 0 Å². The minimum atomic E-state index is 0.278. The van der Waals surface area contributed by atoms with Gasteiger partial charge in [0, 0.05) is 23.5 Å². The van der Waals surface area contributed by atoms with Gasteiger partial charge in [-0.05, 0) is 31.2 Å². The molecular formula is C13H20BrN3O. The Bertz CT molecular complexity index is 409. The molecule has 1 aromatic carbocycles. The minimum Gasteiger partial charge on any atom is -0.409 e. The second-order valence-corrected chi connectivity index (χ2v) is 5.32. The Morgan fingerprint density at radius 3 is 2.83 bits per heavy atom. The molecule has 0 saturated heterocycles. The molecule has 4 nitrogen and oxygen atoms in total. The van der Waals surface area contributed by atoms with Crippen molar-refractivity contribution in [3.05, 3.63) is 34.3 Å². The number of hydrogen-bond donors (Lipinski definition) is 2. The molecule has 1 rings (SSSR count). The van der Waals surface area contributed by atoms with E-state index in [0.717, 1.165) is 17.4 Å². The summed E-state index contributed by atoms with van der Waals surface area (Å²) in [6.45, 7) is 2.95. The van der Waals surface area contributed by atoms with Crippen molar-refractivity contribution in [3.8, 4) is 0 Å². The topological polar surface area (TPSA) is 61.9 Å². The van der Waals surface area contributed by atoms with Crippen molar-refractivity contribution in [2.45, 2.75) is 32.4 Å². The lowest BCUT2D eigenvalue weighted by Gasteiger charge is -2.26. The zero-order valence-corrected chi connectivity index (χ0v) is 12.4. The molecule has 100 valence electrons. The van der Waals surface area contributed by atoms with Crippen molar-refractivity contribution >= 4 is 21.8 Å². The molecule has 0 radical (unpaired) electrons. The first kappa shape index (κ1) is 15.0. The van der Waals surface area contributed by atoms with E-state index in [9.17, 15) is 0 Å². The van der Waals surface area contributed by atoms with E-state index in [1.54, 1.807) is 0 Å². The summed E-state index contributed by atoms with van der Waals surface area (Å²) in [6.07, 6.45) is 1.54. The first-order valence-electron chi connectivity index (χ1n) is 5.97. The standard InChI is InChI=1S/C13H20BrN3O/c1-3-12(8-13(15)16-18)17(2)9-10-5-4-6-11(14)7-10/h4-7,12,18H,3,8-9H2,1-2H3,(H2,15,16). The van der Waals surface area contributed by atoms with Crippen molar-refractivity contribution in [1.29, 1.82) is 0 Å². The Kier molecular flexibility index (Phi) is 6.15. The number of nitrogens with zero attached hydrogens (tertiary/aromatic N) is 2. The summed E-state index contributed by atoms with van der Waals surface area (Å²) in [4.78, 5) is 2.22. The number of rotatable bonds is 6. The number of oxime groups is 1. The van der Waals surface area contributed by atoms with Crippen molar-refractivity contribution in [3.63, 3.8) is 0 Å². The summed E-state index contributed by atoms with van der Waals surface area (Å²) >= 11 is 3.47. The lowest BCUT2D eigenvalue weighted by atomic mass is 10.1. The van der Waals surface area contributed by atoms with Gasteiger partial charge in [-0.2, -0.15) is 0 Å². The van der Waals surface area contributed by atoms with Crippen LogP contribution in [0, 0.1) is 0 Å². The van der Waals surface area contributed by atoms with Gasteiger partial charge in [-0.1, -0.05) is 40.1 Å². The van der Waals surface area contributed by atoms with Gasteiger partial charge in [0.15, 0.2) is 0 Å². The summed E-state index contributed by atoms with van der Waals surface area (Å²) in [6, 6.07) is 8.51. The van der Waals surface area contributed by atoms with Crippen LogP contribution in [-0.2, 0) is 6.54 Å². The molecule has 0 fully saturated rings. The van der Waals surface area contributed by atoms with Crippen LogP contribution in [0.5, 0.6) is 0 Å². The third-order valence-corrected chi connectivity index (χ3v) is 3.48. The SMILES string of the molecule is CCC(C/C(N)=N/O)N(C)Cc1cccc(Br)c1. The van der Waals surface area contributed by atoms with Gasteiger partial charge < -0.3 is 10.9 Å². The second kappa shape index (κ2) is 7.38. The number of amidine groups is 1. The third-order valence-electron chi connectivity index (χ3n) is 2.99. The van der Waals surface area contributed by atoms with Crippen LogP contribution in [0.3, 0.4) is 0 Å². The van der Waals surface area contributed by atoms with Gasteiger partial charge in [0.05, 0.1) is 0 Å². The Labute approximate surface area is 117 Å². The molecular weight excluding hydrogens is 294 g/mol. The maximum absolute atomic E-state index is 8.63. The van der Waals surface area contributed by atoms with Crippen LogP contribution in [-0.4, -0.2) is 29.0 Å². The van der Waals surface area contributed by atoms with Crippen LogP contribution in [0.4, 0.5) is 0 Å². The molecule has 1 aromatic rings. The minimum absolute atomic E-state index is 0.278. The fourth-order valence-electron chi connectivity index (χ4n) is 1.95. The number of benzene rings is 1. The number of halogens is 1. The van der Waals surface area contributed by atoms with Gasteiger partial charge in [-0.25, -0.2) is 0 Å². The summed E-state index contributed by atoms with van der Waals surface area (Å²) in [5, 5.41) is 11.7. The van der Waals surface area contributed by atoms with Gasteiger partial charge in [0.2, 0.25) is 0 Å². The quantitative estimate of drug-likeness (QED) is 0.367. The molecule has 3 N–H and O–H groups in total. The lowest BCUT2D eigenvalue weighted by Crippen LogP contribution is -2.34. The van der Waals surface area contributed by atoms with Gasteiger partial charge in [0.25, 0.3) is 0 Å². The average Bonchev–Trinajstić information content (AvgIpc) is 2.35. The highest BCUT2D eigenvalue weighted by atomic mass is 79.9. The average molecular weight is 314 g/mol. The molecule has 0 aliphatic carbocycles. The lowest BCUT2D eigenvalue weighted by molar-refractivity contribution is 0.230. The normalized spacial score (nSPS) is 13.9. The van der Waals surface area contributed by atoms with E-state index >= 15 is 0 Å². The van der Waals surface area contributed by atoms with E-state index in [4.69, 9.17) is 10.9 Å². The van der Waals surface area contributed by atoms with Crippen LogP contribution in [0.2, 0.25) is 0 Å². The van der Waals surface area contributed by atoms with Crippen molar-refractivity contribution in [1.82, 2.24) is 4.90 Å². The Morgan fingerprint density at radius 2 is 2.28 bits per heavy atom. The molecule has 0 spiro atoms. The van der Waals surface area contributed by atoms with Crippen molar-refractivity contribution in [2.24, 2.45) is 10.9 Å². The summed E-state index contributed by atoms with van der Waals surface area (Å²) < 4.78 is 1.08. The van der Waals surface area contributed by atoms with Crippen LogP contribution in [0.15, 0.2) is 33.9 Å². The molecule has 1 atom stereocenters. The van der Waals surface area contributed by atoms with Gasteiger partial charge in [-0.15, -0.1) is 0 Å². The summed E-state index contributed by atoms with van der Waals surface area (Å²) in [5.74, 6) is 0.281. The Morgan fingerprint density at radius 1 is 1.56 bits per heavy atom. The predicted molar refractivity (Wildman–Crippen MR) is 77.7 cm³/mol. The first-order chi connectivity index (χ1) is 8.56. The third kappa shape index (κ3) is 4.66. The van der Waals surface area contributed by atoms with Gasteiger partial charge in [0.1, 0.15) is 5.84 Å². The molecule has 0 saturated carbocycles. The smallest absolute Gasteiger partial charge is 0.140 e. The maximum Gasteiger partial charge on any atom is 0.140 e. The van der Waals surface area contributed by atoms with E-state index < -0.39 is 0 Å². The number of hydrogen-bond acceptors (Lipinski definition) is 3. The van der Waals surface area contributed by atoms with Crippen molar-refractivity contribution in [2.75, 3.05) is 7.05 Å². The van der Waals surface area contributed by atoms with E-state index in [1.165, 1.54) is 5.56 Å². The van der Waals surface area contributed by atoms with Crippen LogP contribution < -0.4 is 5.73 Å².